The third kappa shape index (κ3) is 6.01. The molecular weight excluding hydrogens is 445 g/mol. The zero-order chi connectivity index (χ0) is 24.8. The highest BCUT2D eigenvalue weighted by molar-refractivity contribution is 5.96. The quantitative estimate of drug-likeness (QED) is 0.520. The van der Waals surface area contributed by atoms with E-state index in [2.05, 4.69) is 27.2 Å². The van der Waals surface area contributed by atoms with Gasteiger partial charge in [-0.2, -0.15) is 0 Å². The van der Waals surface area contributed by atoms with Gasteiger partial charge in [-0.15, -0.1) is 10.2 Å². The van der Waals surface area contributed by atoms with E-state index in [1.165, 1.54) is 28.7 Å². The van der Waals surface area contributed by atoms with Crippen molar-refractivity contribution in [3.8, 4) is 11.3 Å². The second-order valence-corrected chi connectivity index (χ2v) is 8.75. The molecule has 2 aromatic carbocycles. The van der Waals surface area contributed by atoms with Crippen molar-refractivity contribution in [1.82, 2.24) is 20.0 Å². The number of halogens is 1. The minimum absolute atomic E-state index is 0.0196. The van der Waals surface area contributed by atoms with Gasteiger partial charge in [0.05, 0.1) is 5.69 Å². The van der Waals surface area contributed by atoms with Gasteiger partial charge in [-0.1, -0.05) is 42.8 Å². The van der Waals surface area contributed by atoms with Crippen LogP contribution in [0.3, 0.4) is 0 Å². The molecule has 0 aliphatic carbocycles. The number of aromatic nitrogens is 2. The van der Waals surface area contributed by atoms with Crippen molar-refractivity contribution in [2.75, 3.05) is 44.2 Å². The molecule has 0 saturated carbocycles. The zero-order valence-corrected chi connectivity index (χ0v) is 20.2. The van der Waals surface area contributed by atoms with Gasteiger partial charge in [0.1, 0.15) is 12.4 Å². The van der Waals surface area contributed by atoms with E-state index in [1.807, 2.05) is 38.1 Å². The number of piperazine rings is 1. The lowest BCUT2D eigenvalue weighted by Crippen LogP contribution is -2.52. The highest BCUT2D eigenvalue weighted by atomic mass is 19.1. The standard InChI is InChI=1S/C27H30FN5O2/c1-3-13-33(27(35)22-5-4-6-23(28)18-22)19-26(34)32-16-14-31(15-17-32)25-12-11-24(29-30-25)21-9-7-20(2)8-10-21/h4-12,18H,3,13-17,19H2,1-2H3. The van der Waals surface area contributed by atoms with Crippen molar-refractivity contribution in [3.05, 3.63) is 77.6 Å². The van der Waals surface area contributed by atoms with Crippen molar-refractivity contribution in [3.63, 3.8) is 0 Å². The molecule has 1 aliphatic heterocycles. The number of carbonyl (C=O) groups excluding carboxylic acids is 2. The van der Waals surface area contributed by atoms with E-state index in [9.17, 15) is 14.0 Å². The minimum atomic E-state index is -0.468. The number of rotatable bonds is 7. The molecule has 4 rings (SSSR count). The fourth-order valence-corrected chi connectivity index (χ4v) is 4.15. The van der Waals surface area contributed by atoms with Crippen LogP contribution in [-0.4, -0.2) is 71.1 Å². The molecule has 1 saturated heterocycles. The van der Waals surface area contributed by atoms with Crippen LogP contribution in [0.25, 0.3) is 11.3 Å². The normalized spacial score (nSPS) is 13.6. The molecule has 0 N–H and O–H groups in total. The maximum absolute atomic E-state index is 13.6. The van der Waals surface area contributed by atoms with E-state index in [1.54, 1.807) is 11.0 Å². The molecule has 8 heteroatoms. The Labute approximate surface area is 205 Å². The topological polar surface area (TPSA) is 69.6 Å². The molecule has 7 nitrogen and oxygen atoms in total. The molecule has 1 aromatic heterocycles. The second kappa shape index (κ2) is 11.1. The summed E-state index contributed by atoms with van der Waals surface area (Å²) in [7, 11) is 0. The van der Waals surface area contributed by atoms with Crippen LogP contribution in [-0.2, 0) is 4.79 Å². The number of aryl methyl sites for hydroxylation is 1. The fourth-order valence-electron chi connectivity index (χ4n) is 4.15. The number of anilines is 1. The molecule has 182 valence electrons. The van der Waals surface area contributed by atoms with E-state index >= 15 is 0 Å². The average Bonchev–Trinajstić information content (AvgIpc) is 2.88. The predicted octanol–water partition coefficient (Wildman–Crippen LogP) is 3.79. The van der Waals surface area contributed by atoms with Crippen LogP contribution in [0.5, 0.6) is 0 Å². The Morgan fingerprint density at radius 1 is 0.971 bits per heavy atom. The lowest BCUT2D eigenvalue weighted by atomic mass is 10.1. The van der Waals surface area contributed by atoms with Crippen LogP contribution < -0.4 is 4.90 Å². The van der Waals surface area contributed by atoms with Crippen molar-refractivity contribution in [2.45, 2.75) is 20.3 Å². The molecule has 0 unspecified atom stereocenters. The molecule has 0 radical (unpaired) electrons. The molecular formula is C27H30FN5O2. The van der Waals surface area contributed by atoms with E-state index in [0.29, 0.717) is 39.1 Å². The van der Waals surface area contributed by atoms with Gasteiger partial charge >= 0.3 is 0 Å². The maximum Gasteiger partial charge on any atom is 0.254 e. The molecule has 3 aromatic rings. The third-order valence-electron chi connectivity index (χ3n) is 6.13. The summed E-state index contributed by atoms with van der Waals surface area (Å²) >= 11 is 0. The summed E-state index contributed by atoms with van der Waals surface area (Å²) in [6, 6.07) is 17.7. The molecule has 35 heavy (non-hydrogen) atoms. The van der Waals surface area contributed by atoms with E-state index in [-0.39, 0.29) is 23.9 Å². The number of amides is 2. The molecule has 1 fully saturated rings. The Hall–Kier alpha value is -3.81. The van der Waals surface area contributed by atoms with Crippen LogP contribution in [0.4, 0.5) is 10.2 Å². The number of nitrogens with zero attached hydrogens (tertiary/aromatic N) is 5. The number of carbonyl (C=O) groups is 2. The van der Waals surface area contributed by atoms with Crippen LogP contribution in [0, 0.1) is 12.7 Å². The second-order valence-electron chi connectivity index (χ2n) is 8.75. The van der Waals surface area contributed by atoms with Crippen molar-refractivity contribution < 1.29 is 14.0 Å². The smallest absolute Gasteiger partial charge is 0.254 e. The van der Waals surface area contributed by atoms with E-state index in [0.717, 1.165) is 17.1 Å². The van der Waals surface area contributed by atoms with Gasteiger partial charge in [0.2, 0.25) is 5.91 Å². The summed E-state index contributed by atoms with van der Waals surface area (Å²) < 4.78 is 13.6. The molecule has 1 aliphatic rings. The predicted molar refractivity (Wildman–Crippen MR) is 134 cm³/mol. The SMILES string of the molecule is CCCN(CC(=O)N1CCN(c2ccc(-c3ccc(C)cc3)nn2)CC1)C(=O)c1cccc(F)c1. The Kier molecular flexibility index (Phi) is 7.70. The monoisotopic (exact) mass is 475 g/mol. The van der Waals surface area contributed by atoms with E-state index < -0.39 is 5.82 Å². The average molecular weight is 476 g/mol. The van der Waals surface area contributed by atoms with Gasteiger partial charge < -0.3 is 14.7 Å². The van der Waals surface area contributed by atoms with Crippen LogP contribution in [0.2, 0.25) is 0 Å². The number of hydrogen-bond donors (Lipinski definition) is 0. The molecule has 2 heterocycles. The number of benzene rings is 2. The summed E-state index contributed by atoms with van der Waals surface area (Å²) in [5, 5.41) is 8.78. The minimum Gasteiger partial charge on any atom is -0.352 e. The third-order valence-corrected chi connectivity index (χ3v) is 6.13. The van der Waals surface area contributed by atoms with Crippen LogP contribution in [0.1, 0.15) is 29.3 Å². The van der Waals surface area contributed by atoms with Gasteiger partial charge in [-0.3, -0.25) is 9.59 Å². The first-order chi connectivity index (χ1) is 16.9. The van der Waals surface area contributed by atoms with E-state index in [4.69, 9.17) is 0 Å². The van der Waals surface area contributed by atoms with Gasteiger partial charge in [-0.25, -0.2) is 4.39 Å². The molecule has 0 bridgehead atoms. The first kappa shape index (κ1) is 24.3. The summed E-state index contributed by atoms with van der Waals surface area (Å²) in [4.78, 5) is 31.2. The largest absolute Gasteiger partial charge is 0.352 e. The van der Waals surface area contributed by atoms with Crippen LogP contribution in [0.15, 0.2) is 60.7 Å². The lowest BCUT2D eigenvalue weighted by molar-refractivity contribution is -0.132. The number of hydrogen-bond acceptors (Lipinski definition) is 5. The van der Waals surface area contributed by atoms with Crippen molar-refractivity contribution in [1.29, 1.82) is 0 Å². The Balaban J connectivity index is 1.33. The van der Waals surface area contributed by atoms with Gasteiger partial charge in [0, 0.05) is 43.9 Å². The maximum atomic E-state index is 13.6. The fraction of sp³-hybridized carbons (Fsp3) is 0.333. The Bertz CT molecular complexity index is 1160. The zero-order valence-electron chi connectivity index (χ0n) is 20.2. The first-order valence-electron chi connectivity index (χ1n) is 11.9. The highest BCUT2D eigenvalue weighted by Crippen LogP contribution is 2.20. The molecule has 0 spiro atoms. The van der Waals surface area contributed by atoms with Gasteiger partial charge in [-0.05, 0) is 43.7 Å². The van der Waals surface area contributed by atoms with Crippen molar-refractivity contribution >= 4 is 17.6 Å². The molecule has 0 atom stereocenters. The Morgan fingerprint density at radius 3 is 2.34 bits per heavy atom. The summed E-state index contributed by atoms with van der Waals surface area (Å²) in [6.45, 7) is 6.75. The Morgan fingerprint density at radius 2 is 1.71 bits per heavy atom. The lowest BCUT2D eigenvalue weighted by Gasteiger charge is -2.36. The van der Waals surface area contributed by atoms with Crippen molar-refractivity contribution in [2.24, 2.45) is 0 Å². The van der Waals surface area contributed by atoms with Gasteiger partial charge in [0.25, 0.3) is 5.91 Å². The summed E-state index contributed by atoms with van der Waals surface area (Å²) in [6.07, 6.45) is 0.708. The van der Waals surface area contributed by atoms with Crippen LogP contribution >= 0.6 is 0 Å². The summed E-state index contributed by atoms with van der Waals surface area (Å²) in [5.41, 5.74) is 3.29. The molecule has 2 amide bonds. The highest BCUT2D eigenvalue weighted by Gasteiger charge is 2.25. The van der Waals surface area contributed by atoms with Gasteiger partial charge in [0.15, 0.2) is 5.82 Å². The summed E-state index contributed by atoms with van der Waals surface area (Å²) in [5.74, 6) is -0.127. The first-order valence-corrected chi connectivity index (χ1v) is 11.9.